The van der Waals surface area contributed by atoms with Gasteiger partial charge in [0.05, 0.1) is 19.1 Å². The Balaban J connectivity index is 1.67. The zero-order chi connectivity index (χ0) is 17.4. The molecule has 0 aliphatic carbocycles. The molecule has 1 fully saturated rings. The Labute approximate surface area is 145 Å². The van der Waals surface area contributed by atoms with Crippen LogP contribution in [0.25, 0.3) is 0 Å². The fraction of sp³-hybridized carbons (Fsp3) is 0.632. The maximum absolute atomic E-state index is 12.3. The monoisotopic (exact) mass is 334 g/mol. The van der Waals surface area contributed by atoms with Crippen LogP contribution in [0.15, 0.2) is 18.2 Å². The third-order valence-electron chi connectivity index (χ3n) is 4.41. The second kappa shape index (κ2) is 9.64. The number of benzene rings is 1. The molecule has 1 amide bonds. The van der Waals surface area contributed by atoms with Crippen LogP contribution in [0.1, 0.15) is 36.8 Å². The number of rotatable bonds is 8. The highest BCUT2D eigenvalue weighted by atomic mass is 16.5. The number of nitrogens with two attached hydrogens (primary N) is 1. The van der Waals surface area contributed by atoms with Crippen molar-refractivity contribution in [2.75, 3.05) is 32.8 Å². The first-order valence-corrected chi connectivity index (χ1v) is 8.89. The van der Waals surface area contributed by atoms with Crippen molar-refractivity contribution in [3.8, 4) is 5.75 Å². The van der Waals surface area contributed by atoms with E-state index in [1.54, 1.807) is 0 Å². The summed E-state index contributed by atoms with van der Waals surface area (Å²) in [4.78, 5) is 14.2. The molecule has 1 saturated heterocycles. The van der Waals surface area contributed by atoms with E-state index in [0.29, 0.717) is 19.6 Å². The van der Waals surface area contributed by atoms with Gasteiger partial charge in [0.1, 0.15) is 5.75 Å². The van der Waals surface area contributed by atoms with Gasteiger partial charge in [0.15, 0.2) is 0 Å². The van der Waals surface area contributed by atoms with Crippen LogP contribution in [0.4, 0.5) is 0 Å². The Bertz CT molecular complexity index is 525. The van der Waals surface area contributed by atoms with Gasteiger partial charge in [-0.1, -0.05) is 12.1 Å². The van der Waals surface area contributed by atoms with E-state index in [2.05, 4.69) is 6.07 Å². The number of nitrogens with zero attached hydrogens (tertiary/aromatic N) is 1. The summed E-state index contributed by atoms with van der Waals surface area (Å²) in [5.41, 5.74) is 7.73. The van der Waals surface area contributed by atoms with Crippen molar-refractivity contribution in [2.24, 2.45) is 5.73 Å². The summed E-state index contributed by atoms with van der Waals surface area (Å²) in [6.45, 7) is 7.42. The van der Waals surface area contributed by atoms with Crippen molar-refractivity contribution >= 4 is 5.91 Å². The second-order valence-corrected chi connectivity index (χ2v) is 6.46. The SMILES string of the molecule is Cc1ccc(C)c(OCCC(=O)N2CCC(OCCCN)CC2)c1. The van der Waals surface area contributed by atoms with Crippen molar-refractivity contribution in [3.63, 3.8) is 0 Å². The average Bonchev–Trinajstić information content (AvgIpc) is 2.58. The smallest absolute Gasteiger partial charge is 0.226 e. The average molecular weight is 334 g/mol. The fourth-order valence-corrected chi connectivity index (χ4v) is 2.87. The molecule has 0 unspecified atom stereocenters. The highest BCUT2D eigenvalue weighted by Crippen LogP contribution is 2.20. The summed E-state index contributed by atoms with van der Waals surface area (Å²) in [6, 6.07) is 6.12. The molecule has 5 nitrogen and oxygen atoms in total. The molecule has 0 saturated carbocycles. The number of hydrogen-bond acceptors (Lipinski definition) is 4. The highest BCUT2D eigenvalue weighted by Gasteiger charge is 2.22. The van der Waals surface area contributed by atoms with Gasteiger partial charge in [0, 0.05) is 19.7 Å². The zero-order valence-electron chi connectivity index (χ0n) is 14.9. The topological polar surface area (TPSA) is 64.8 Å². The molecule has 0 aromatic heterocycles. The standard InChI is InChI=1S/C19H30N2O3/c1-15-4-5-16(2)18(14-15)24-13-8-19(22)21-10-6-17(7-11-21)23-12-3-9-20/h4-5,14,17H,3,6-13,20H2,1-2H3. The molecule has 134 valence electrons. The molecule has 0 atom stereocenters. The molecule has 0 bridgehead atoms. The van der Waals surface area contributed by atoms with E-state index >= 15 is 0 Å². The van der Waals surface area contributed by atoms with Crippen LogP contribution in [-0.2, 0) is 9.53 Å². The molecule has 1 aromatic carbocycles. The zero-order valence-corrected chi connectivity index (χ0v) is 14.9. The Morgan fingerprint density at radius 2 is 2.00 bits per heavy atom. The molecule has 2 N–H and O–H groups in total. The molecular formula is C19H30N2O3. The van der Waals surface area contributed by atoms with Crippen LogP contribution in [0, 0.1) is 13.8 Å². The minimum atomic E-state index is 0.167. The number of aryl methyl sites for hydroxylation is 2. The minimum Gasteiger partial charge on any atom is -0.493 e. The molecule has 5 heteroatoms. The highest BCUT2D eigenvalue weighted by molar-refractivity contribution is 5.76. The van der Waals surface area contributed by atoms with Gasteiger partial charge < -0.3 is 20.1 Å². The summed E-state index contributed by atoms with van der Waals surface area (Å²) in [5, 5.41) is 0. The number of ether oxygens (including phenoxy) is 2. The van der Waals surface area contributed by atoms with E-state index in [1.807, 2.05) is 30.9 Å². The molecule has 24 heavy (non-hydrogen) atoms. The van der Waals surface area contributed by atoms with Gasteiger partial charge >= 0.3 is 0 Å². The number of likely N-dealkylation sites (tertiary alicyclic amines) is 1. The van der Waals surface area contributed by atoms with Gasteiger partial charge in [-0.3, -0.25) is 4.79 Å². The van der Waals surface area contributed by atoms with E-state index in [4.69, 9.17) is 15.2 Å². The van der Waals surface area contributed by atoms with Crippen LogP contribution >= 0.6 is 0 Å². The van der Waals surface area contributed by atoms with Gasteiger partial charge in [-0.2, -0.15) is 0 Å². The number of hydrogen-bond donors (Lipinski definition) is 1. The number of carbonyl (C=O) groups is 1. The Kier molecular flexibility index (Phi) is 7.53. The Hall–Kier alpha value is -1.59. The quantitative estimate of drug-likeness (QED) is 0.742. The Morgan fingerprint density at radius 1 is 1.25 bits per heavy atom. The maximum atomic E-state index is 12.3. The lowest BCUT2D eigenvalue weighted by Crippen LogP contribution is -2.41. The van der Waals surface area contributed by atoms with Crippen molar-refractivity contribution in [1.29, 1.82) is 0 Å². The third kappa shape index (κ3) is 5.80. The molecule has 1 heterocycles. The summed E-state index contributed by atoms with van der Waals surface area (Å²) in [5.74, 6) is 1.04. The molecule has 1 aromatic rings. The predicted octanol–water partition coefficient (Wildman–Crippen LogP) is 2.43. The van der Waals surface area contributed by atoms with Crippen LogP contribution in [0.5, 0.6) is 5.75 Å². The first kappa shape index (κ1) is 18.7. The minimum absolute atomic E-state index is 0.167. The summed E-state index contributed by atoms with van der Waals surface area (Å²) >= 11 is 0. The summed E-state index contributed by atoms with van der Waals surface area (Å²) in [7, 11) is 0. The van der Waals surface area contributed by atoms with E-state index in [-0.39, 0.29) is 12.0 Å². The largest absolute Gasteiger partial charge is 0.493 e. The first-order chi connectivity index (χ1) is 11.6. The molecule has 1 aliphatic rings. The number of piperidine rings is 1. The maximum Gasteiger partial charge on any atom is 0.226 e. The Morgan fingerprint density at radius 3 is 2.71 bits per heavy atom. The summed E-state index contributed by atoms with van der Waals surface area (Å²) in [6.07, 6.45) is 3.41. The summed E-state index contributed by atoms with van der Waals surface area (Å²) < 4.78 is 11.6. The van der Waals surface area contributed by atoms with E-state index in [9.17, 15) is 4.79 Å². The molecule has 1 aliphatic heterocycles. The van der Waals surface area contributed by atoms with Crippen LogP contribution in [0.3, 0.4) is 0 Å². The van der Waals surface area contributed by atoms with Gasteiger partial charge in [-0.05, 0) is 56.8 Å². The number of amides is 1. The van der Waals surface area contributed by atoms with Crippen molar-refractivity contribution < 1.29 is 14.3 Å². The lowest BCUT2D eigenvalue weighted by atomic mass is 10.1. The lowest BCUT2D eigenvalue weighted by Gasteiger charge is -2.32. The van der Waals surface area contributed by atoms with E-state index in [0.717, 1.165) is 50.3 Å². The van der Waals surface area contributed by atoms with Crippen LogP contribution in [-0.4, -0.2) is 49.8 Å². The first-order valence-electron chi connectivity index (χ1n) is 8.89. The van der Waals surface area contributed by atoms with E-state index in [1.165, 1.54) is 5.56 Å². The molecular weight excluding hydrogens is 304 g/mol. The van der Waals surface area contributed by atoms with Gasteiger partial charge in [0.2, 0.25) is 5.91 Å². The fourth-order valence-electron chi connectivity index (χ4n) is 2.87. The van der Waals surface area contributed by atoms with Gasteiger partial charge in [-0.15, -0.1) is 0 Å². The van der Waals surface area contributed by atoms with Crippen molar-refractivity contribution in [3.05, 3.63) is 29.3 Å². The van der Waals surface area contributed by atoms with Crippen LogP contribution < -0.4 is 10.5 Å². The molecule has 2 rings (SSSR count). The molecule has 0 radical (unpaired) electrons. The van der Waals surface area contributed by atoms with Crippen molar-refractivity contribution in [2.45, 2.75) is 45.6 Å². The van der Waals surface area contributed by atoms with E-state index < -0.39 is 0 Å². The number of carbonyl (C=O) groups excluding carboxylic acids is 1. The van der Waals surface area contributed by atoms with Crippen LogP contribution in [0.2, 0.25) is 0 Å². The van der Waals surface area contributed by atoms with Crippen molar-refractivity contribution in [1.82, 2.24) is 4.90 Å². The third-order valence-corrected chi connectivity index (χ3v) is 4.41. The molecule has 0 spiro atoms. The predicted molar refractivity (Wildman–Crippen MR) is 95.3 cm³/mol. The second-order valence-electron chi connectivity index (χ2n) is 6.46. The normalized spacial score (nSPS) is 15.5. The van der Waals surface area contributed by atoms with Gasteiger partial charge in [0.25, 0.3) is 0 Å². The lowest BCUT2D eigenvalue weighted by molar-refractivity contribution is -0.134. The van der Waals surface area contributed by atoms with Gasteiger partial charge in [-0.25, -0.2) is 0 Å².